The molecule has 2 rings (SSSR count). The van der Waals surface area contributed by atoms with Gasteiger partial charge in [-0.05, 0) is 43.2 Å². The number of hydrogen-bond acceptors (Lipinski definition) is 3. The lowest BCUT2D eigenvalue weighted by Gasteiger charge is -2.07. The summed E-state index contributed by atoms with van der Waals surface area (Å²) in [6.45, 7) is 4.56. The summed E-state index contributed by atoms with van der Waals surface area (Å²) in [5, 5.41) is 0. The van der Waals surface area contributed by atoms with E-state index in [1.165, 1.54) is 11.1 Å². The van der Waals surface area contributed by atoms with Gasteiger partial charge in [0.2, 0.25) is 0 Å². The second-order valence-corrected chi connectivity index (χ2v) is 4.79. The maximum atomic E-state index is 5.58. The molecule has 0 radical (unpaired) electrons. The molecule has 4 heteroatoms. The van der Waals surface area contributed by atoms with Crippen LogP contribution in [0.4, 0.5) is 0 Å². The molecule has 88 valence electrons. The minimum Gasteiger partial charge on any atom is -0.325 e. The number of rotatable bonds is 2. The van der Waals surface area contributed by atoms with Crippen molar-refractivity contribution < 1.29 is 0 Å². The van der Waals surface area contributed by atoms with Gasteiger partial charge in [0, 0.05) is 22.8 Å². The maximum Gasteiger partial charge on any atom is 0.159 e. The van der Waals surface area contributed by atoms with E-state index in [9.17, 15) is 0 Å². The number of benzene rings is 1. The summed E-state index contributed by atoms with van der Waals surface area (Å²) < 4.78 is 1.14. The normalized spacial score (nSPS) is 10.6. The van der Waals surface area contributed by atoms with Gasteiger partial charge in [0.15, 0.2) is 5.82 Å². The van der Waals surface area contributed by atoms with Crippen molar-refractivity contribution in [2.24, 2.45) is 5.73 Å². The van der Waals surface area contributed by atoms with Crippen molar-refractivity contribution in [1.29, 1.82) is 0 Å². The Balaban J connectivity index is 2.52. The molecule has 2 N–H and O–H groups in total. The first kappa shape index (κ1) is 12.2. The molecule has 2 aromatic rings. The van der Waals surface area contributed by atoms with Crippen molar-refractivity contribution in [1.82, 2.24) is 9.97 Å². The molecule has 17 heavy (non-hydrogen) atoms. The van der Waals surface area contributed by atoms with Crippen molar-refractivity contribution in [2.45, 2.75) is 20.4 Å². The Labute approximate surface area is 109 Å². The van der Waals surface area contributed by atoms with Crippen molar-refractivity contribution in [2.75, 3.05) is 0 Å². The van der Waals surface area contributed by atoms with Crippen LogP contribution in [-0.4, -0.2) is 9.97 Å². The van der Waals surface area contributed by atoms with Gasteiger partial charge in [-0.3, -0.25) is 0 Å². The van der Waals surface area contributed by atoms with E-state index in [2.05, 4.69) is 51.9 Å². The Morgan fingerprint density at radius 3 is 2.47 bits per heavy atom. The largest absolute Gasteiger partial charge is 0.325 e. The zero-order chi connectivity index (χ0) is 12.4. The molecule has 1 aromatic carbocycles. The second kappa shape index (κ2) is 4.94. The molecule has 0 amide bonds. The van der Waals surface area contributed by atoms with E-state index in [4.69, 9.17) is 5.73 Å². The third-order valence-corrected chi connectivity index (χ3v) is 3.87. The minimum atomic E-state index is 0.435. The zero-order valence-electron chi connectivity index (χ0n) is 9.87. The van der Waals surface area contributed by atoms with Gasteiger partial charge in [0.1, 0.15) is 0 Å². The highest BCUT2D eigenvalue weighted by Crippen LogP contribution is 2.26. The number of halogens is 1. The Hall–Kier alpha value is -1.26. The lowest BCUT2D eigenvalue weighted by Crippen LogP contribution is -2.01. The van der Waals surface area contributed by atoms with Crippen LogP contribution >= 0.6 is 15.9 Å². The summed E-state index contributed by atoms with van der Waals surface area (Å²) in [6, 6.07) is 5.99. The summed E-state index contributed by atoms with van der Waals surface area (Å²) in [5.74, 6) is 0.728. The predicted molar refractivity (Wildman–Crippen MR) is 72.5 cm³/mol. The molecule has 0 saturated carbocycles. The molecule has 0 unspecified atom stereocenters. The molecule has 1 heterocycles. The number of nitrogens with two attached hydrogens (primary N) is 1. The first-order valence-corrected chi connectivity index (χ1v) is 6.20. The molecule has 0 fully saturated rings. The van der Waals surface area contributed by atoms with E-state index in [1.807, 2.05) is 6.07 Å². The maximum absolute atomic E-state index is 5.58. The van der Waals surface area contributed by atoms with Crippen molar-refractivity contribution >= 4 is 15.9 Å². The van der Waals surface area contributed by atoms with Gasteiger partial charge in [0.05, 0.1) is 5.69 Å². The number of nitrogens with zero attached hydrogens (tertiary/aromatic N) is 2. The van der Waals surface area contributed by atoms with Crippen LogP contribution < -0.4 is 5.73 Å². The van der Waals surface area contributed by atoms with Crippen LogP contribution in [0.3, 0.4) is 0 Å². The predicted octanol–water partition coefficient (Wildman–Crippen LogP) is 2.98. The van der Waals surface area contributed by atoms with Crippen molar-refractivity contribution in [3.05, 3.63) is 45.7 Å². The highest BCUT2D eigenvalue weighted by Gasteiger charge is 2.06. The van der Waals surface area contributed by atoms with E-state index in [0.29, 0.717) is 6.54 Å². The van der Waals surface area contributed by atoms with Gasteiger partial charge < -0.3 is 5.73 Å². The lowest BCUT2D eigenvalue weighted by molar-refractivity contribution is 0.969. The van der Waals surface area contributed by atoms with E-state index in [-0.39, 0.29) is 0 Å². The summed E-state index contributed by atoms with van der Waals surface area (Å²) in [5.41, 5.74) is 9.83. The first-order chi connectivity index (χ1) is 8.11. The van der Waals surface area contributed by atoms with Crippen LogP contribution in [0.25, 0.3) is 11.4 Å². The minimum absolute atomic E-state index is 0.435. The van der Waals surface area contributed by atoms with E-state index >= 15 is 0 Å². The first-order valence-electron chi connectivity index (χ1n) is 5.41. The highest BCUT2D eigenvalue weighted by molar-refractivity contribution is 9.10. The number of aryl methyl sites for hydroxylation is 2. The van der Waals surface area contributed by atoms with E-state index in [1.54, 1.807) is 6.20 Å². The number of hydrogen-bond donors (Lipinski definition) is 1. The van der Waals surface area contributed by atoms with Gasteiger partial charge in [-0.15, -0.1) is 0 Å². The van der Waals surface area contributed by atoms with Crippen LogP contribution in [0.2, 0.25) is 0 Å². The number of aromatic nitrogens is 2. The summed E-state index contributed by atoms with van der Waals surface area (Å²) in [4.78, 5) is 8.71. The highest BCUT2D eigenvalue weighted by atomic mass is 79.9. The fraction of sp³-hybridized carbons (Fsp3) is 0.231. The van der Waals surface area contributed by atoms with Gasteiger partial charge in [-0.25, -0.2) is 9.97 Å². The Morgan fingerprint density at radius 1 is 1.24 bits per heavy atom. The van der Waals surface area contributed by atoms with Crippen LogP contribution in [-0.2, 0) is 6.54 Å². The monoisotopic (exact) mass is 291 g/mol. The second-order valence-electron chi connectivity index (χ2n) is 4.00. The molecule has 0 aliphatic heterocycles. The van der Waals surface area contributed by atoms with E-state index in [0.717, 1.165) is 21.6 Å². The lowest BCUT2D eigenvalue weighted by atomic mass is 10.1. The van der Waals surface area contributed by atoms with Gasteiger partial charge in [0.25, 0.3) is 0 Å². The van der Waals surface area contributed by atoms with Crippen molar-refractivity contribution in [3.63, 3.8) is 0 Å². The smallest absolute Gasteiger partial charge is 0.159 e. The quantitative estimate of drug-likeness (QED) is 0.925. The Bertz CT molecular complexity index is 529. The van der Waals surface area contributed by atoms with Gasteiger partial charge in [-0.2, -0.15) is 0 Å². The summed E-state index contributed by atoms with van der Waals surface area (Å²) in [7, 11) is 0. The Kier molecular flexibility index (Phi) is 3.54. The summed E-state index contributed by atoms with van der Waals surface area (Å²) >= 11 is 3.55. The topological polar surface area (TPSA) is 51.8 Å². The molecule has 0 atom stereocenters. The molecule has 0 aliphatic carbocycles. The molecule has 0 aliphatic rings. The SMILES string of the molecule is Cc1cc(-c2nccc(CN)n2)cc(C)c1Br. The van der Waals surface area contributed by atoms with Gasteiger partial charge >= 0.3 is 0 Å². The molecular weight excluding hydrogens is 278 g/mol. The molecule has 1 aromatic heterocycles. The third-order valence-electron chi connectivity index (χ3n) is 2.62. The van der Waals surface area contributed by atoms with Crippen LogP contribution in [0, 0.1) is 13.8 Å². The van der Waals surface area contributed by atoms with Crippen LogP contribution in [0.15, 0.2) is 28.9 Å². The van der Waals surface area contributed by atoms with Gasteiger partial charge in [-0.1, -0.05) is 15.9 Å². The fourth-order valence-electron chi connectivity index (χ4n) is 1.72. The Morgan fingerprint density at radius 2 is 1.88 bits per heavy atom. The average Bonchev–Trinajstić information content (AvgIpc) is 2.35. The fourth-order valence-corrected chi connectivity index (χ4v) is 1.95. The summed E-state index contributed by atoms with van der Waals surface area (Å²) in [6.07, 6.45) is 1.75. The van der Waals surface area contributed by atoms with Crippen molar-refractivity contribution in [3.8, 4) is 11.4 Å². The molecular formula is C13H14BrN3. The zero-order valence-corrected chi connectivity index (χ0v) is 11.5. The molecule has 0 saturated heterocycles. The molecule has 0 spiro atoms. The van der Waals surface area contributed by atoms with Crippen LogP contribution in [0.1, 0.15) is 16.8 Å². The third kappa shape index (κ3) is 2.53. The average molecular weight is 292 g/mol. The standard InChI is InChI=1S/C13H14BrN3/c1-8-5-10(6-9(2)12(8)14)13-16-4-3-11(7-15)17-13/h3-6H,7,15H2,1-2H3. The van der Waals surface area contributed by atoms with Crippen LogP contribution in [0.5, 0.6) is 0 Å². The molecule has 3 nitrogen and oxygen atoms in total. The van der Waals surface area contributed by atoms with E-state index < -0.39 is 0 Å². The molecule has 0 bridgehead atoms.